The fourth-order valence-electron chi connectivity index (χ4n) is 1.66. The van der Waals surface area contributed by atoms with Gasteiger partial charge in [0.05, 0.1) is 11.5 Å². The minimum atomic E-state index is -0.542. The quantitative estimate of drug-likeness (QED) is 0.457. The van der Waals surface area contributed by atoms with Crippen molar-refractivity contribution in [2.75, 3.05) is 19.7 Å². The number of hydrogen-bond donors (Lipinski definition) is 1. The van der Waals surface area contributed by atoms with E-state index in [1.807, 2.05) is 0 Å². The van der Waals surface area contributed by atoms with Gasteiger partial charge in [-0.1, -0.05) is 6.08 Å². The van der Waals surface area contributed by atoms with Crippen molar-refractivity contribution in [3.63, 3.8) is 0 Å². The third kappa shape index (κ3) is 3.90. The number of rotatable bonds is 7. The van der Waals surface area contributed by atoms with E-state index < -0.39 is 10.7 Å². The Hall–Kier alpha value is -1.79. The zero-order valence-corrected chi connectivity index (χ0v) is 9.88. The van der Waals surface area contributed by atoms with E-state index in [9.17, 15) is 14.5 Å². The number of nitro benzene ring substituents is 1. The standard InChI is InChI=1S/C12H15FN2O3/c1-2-5-14(6-7-16)9-10-8-11(13)3-4-12(10)15(17)18/h2-4,8,16H,1,5-7,9H2. The van der Waals surface area contributed by atoms with Gasteiger partial charge in [0.2, 0.25) is 0 Å². The van der Waals surface area contributed by atoms with Gasteiger partial charge in [0.1, 0.15) is 5.82 Å². The van der Waals surface area contributed by atoms with Crippen LogP contribution >= 0.6 is 0 Å². The molecule has 0 saturated carbocycles. The molecule has 5 nitrogen and oxygen atoms in total. The number of hydrogen-bond acceptors (Lipinski definition) is 4. The molecule has 98 valence electrons. The van der Waals surface area contributed by atoms with Crippen LogP contribution in [0.25, 0.3) is 0 Å². The first-order chi connectivity index (χ1) is 8.58. The fraction of sp³-hybridized carbons (Fsp3) is 0.333. The Morgan fingerprint density at radius 2 is 2.28 bits per heavy atom. The van der Waals surface area contributed by atoms with Gasteiger partial charge in [-0.3, -0.25) is 15.0 Å². The summed E-state index contributed by atoms with van der Waals surface area (Å²) in [5, 5.41) is 19.7. The van der Waals surface area contributed by atoms with Crippen LogP contribution in [-0.2, 0) is 6.54 Å². The molecule has 18 heavy (non-hydrogen) atoms. The van der Waals surface area contributed by atoms with E-state index in [0.717, 1.165) is 18.2 Å². The molecule has 0 amide bonds. The highest BCUT2D eigenvalue weighted by atomic mass is 19.1. The average Bonchev–Trinajstić information content (AvgIpc) is 2.29. The highest BCUT2D eigenvalue weighted by Crippen LogP contribution is 2.21. The topological polar surface area (TPSA) is 66.6 Å². The van der Waals surface area contributed by atoms with E-state index in [-0.39, 0.29) is 24.4 Å². The van der Waals surface area contributed by atoms with Gasteiger partial charge in [0, 0.05) is 31.3 Å². The van der Waals surface area contributed by atoms with Crippen molar-refractivity contribution in [3.05, 3.63) is 52.3 Å². The summed E-state index contributed by atoms with van der Waals surface area (Å²) >= 11 is 0. The van der Waals surface area contributed by atoms with Crippen LogP contribution in [0.4, 0.5) is 10.1 Å². The largest absolute Gasteiger partial charge is 0.395 e. The van der Waals surface area contributed by atoms with E-state index in [2.05, 4.69) is 6.58 Å². The van der Waals surface area contributed by atoms with Gasteiger partial charge < -0.3 is 5.11 Å². The molecule has 1 aromatic rings. The number of aliphatic hydroxyl groups excluding tert-OH is 1. The van der Waals surface area contributed by atoms with Gasteiger partial charge in [-0.05, 0) is 12.1 Å². The molecule has 0 atom stereocenters. The van der Waals surface area contributed by atoms with E-state index in [1.54, 1.807) is 11.0 Å². The molecule has 0 aromatic heterocycles. The van der Waals surface area contributed by atoms with E-state index in [4.69, 9.17) is 5.11 Å². The first-order valence-electron chi connectivity index (χ1n) is 5.45. The molecule has 0 unspecified atom stereocenters. The predicted octanol–water partition coefficient (Wildman–Crippen LogP) is 1.71. The van der Waals surface area contributed by atoms with Gasteiger partial charge in [0.15, 0.2) is 0 Å². The Morgan fingerprint density at radius 1 is 1.56 bits per heavy atom. The van der Waals surface area contributed by atoms with Crippen LogP contribution in [-0.4, -0.2) is 34.6 Å². The first kappa shape index (κ1) is 14.3. The number of aliphatic hydroxyl groups is 1. The van der Waals surface area contributed by atoms with Crippen LogP contribution in [0, 0.1) is 15.9 Å². The van der Waals surface area contributed by atoms with Crippen molar-refractivity contribution >= 4 is 5.69 Å². The summed E-state index contributed by atoms with van der Waals surface area (Å²) in [6.07, 6.45) is 1.63. The van der Waals surface area contributed by atoms with E-state index >= 15 is 0 Å². The Labute approximate surface area is 104 Å². The summed E-state index contributed by atoms with van der Waals surface area (Å²) in [5.41, 5.74) is 0.165. The van der Waals surface area contributed by atoms with Crippen LogP contribution in [0.1, 0.15) is 5.56 Å². The van der Waals surface area contributed by atoms with Crippen molar-refractivity contribution in [1.82, 2.24) is 4.90 Å². The van der Waals surface area contributed by atoms with Gasteiger partial charge in [-0.15, -0.1) is 6.58 Å². The summed E-state index contributed by atoms with van der Waals surface area (Å²) < 4.78 is 13.1. The van der Waals surface area contributed by atoms with Gasteiger partial charge >= 0.3 is 0 Å². The molecule has 0 aliphatic rings. The minimum absolute atomic E-state index is 0.0725. The highest BCUT2D eigenvalue weighted by Gasteiger charge is 2.16. The molecule has 0 heterocycles. The third-order valence-electron chi connectivity index (χ3n) is 2.44. The van der Waals surface area contributed by atoms with Gasteiger partial charge in [-0.2, -0.15) is 0 Å². The van der Waals surface area contributed by atoms with Crippen molar-refractivity contribution in [2.24, 2.45) is 0 Å². The summed E-state index contributed by atoms with van der Waals surface area (Å²) in [6.45, 7) is 4.50. The zero-order valence-electron chi connectivity index (χ0n) is 9.88. The molecule has 0 spiro atoms. The van der Waals surface area contributed by atoms with Crippen molar-refractivity contribution < 1.29 is 14.4 Å². The zero-order chi connectivity index (χ0) is 13.5. The second-order valence-corrected chi connectivity index (χ2v) is 3.78. The monoisotopic (exact) mass is 254 g/mol. The minimum Gasteiger partial charge on any atom is -0.395 e. The van der Waals surface area contributed by atoms with Crippen LogP contribution in [0.15, 0.2) is 30.9 Å². The van der Waals surface area contributed by atoms with Gasteiger partial charge in [-0.25, -0.2) is 4.39 Å². The number of halogens is 1. The summed E-state index contributed by atoms with van der Waals surface area (Å²) in [7, 11) is 0. The van der Waals surface area contributed by atoms with E-state index in [1.165, 1.54) is 0 Å². The predicted molar refractivity (Wildman–Crippen MR) is 65.6 cm³/mol. The molecule has 0 saturated heterocycles. The lowest BCUT2D eigenvalue weighted by Crippen LogP contribution is -2.27. The van der Waals surface area contributed by atoms with Crippen molar-refractivity contribution in [3.8, 4) is 0 Å². The Bertz CT molecular complexity index is 437. The maximum atomic E-state index is 13.1. The maximum absolute atomic E-state index is 13.1. The Morgan fingerprint density at radius 3 is 2.83 bits per heavy atom. The molecule has 0 fully saturated rings. The fourth-order valence-corrected chi connectivity index (χ4v) is 1.66. The lowest BCUT2D eigenvalue weighted by molar-refractivity contribution is -0.385. The molecule has 0 bridgehead atoms. The highest BCUT2D eigenvalue weighted by molar-refractivity contribution is 5.40. The smallest absolute Gasteiger partial charge is 0.274 e. The molecular weight excluding hydrogens is 239 g/mol. The van der Waals surface area contributed by atoms with Crippen LogP contribution in [0.2, 0.25) is 0 Å². The number of nitrogens with zero attached hydrogens (tertiary/aromatic N) is 2. The van der Waals surface area contributed by atoms with Crippen LogP contribution < -0.4 is 0 Å². The first-order valence-corrected chi connectivity index (χ1v) is 5.45. The Balaban J connectivity index is 2.95. The van der Waals surface area contributed by atoms with Crippen molar-refractivity contribution in [2.45, 2.75) is 6.54 Å². The average molecular weight is 254 g/mol. The summed E-state index contributed by atoms with van der Waals surface area (Å²) in [6, 6.07) is 3.35. The molecular formula is C12H15FN2O3. The van der Waals surface area contributed by atoms with Crippen molar-refractivity contribution in [1.29, 1.82) is 0 Å². The molecule has 1 aromatic carbocycles. The molecule has 0 radical (unpaired) electrons. The molecule has 1 N–H and O–H groups in total. The normalized spacial score (nSPS) is 10.6. The van der Waals surface area contributed by atoms with E-state index in [0.29, 0.717) is 13.1 Å². The SMILES string of the molecule is C=CCN(CCO)Cc1cc(F)ccc1[N+](=O)[O-]. The maximum Gasteiger partial charge on any atom is 0.274 e. The second-order valence-electron chi connectivity index (χ2n) is 3.78. The molecule has 1 rings (SSSR count). The summed E-state index contributed by atoms with van der Waals surface area (Å²) in [4.78, 5) is 12.0. The summed E-state index contributed by atoms with van der Waals surface area (Å²) in [5.74, 6) is -0.516. The molecule has 0 aliphatic carbocycles. The van der Waals surface area contributed by atoms with Crippen LogP contribution in [0.5, 0.6) is 0 Å². The molecule has 6 heteroatoms. The lowest BCUT2D eigenvalue weighted by Gasteiger charge is -2.19. The van der Waals surface area contributed by atoms with Gasteiger partial charge in [0.25, 0.3) is 5.69 Å². The number of benzene rings is 1. The number of nitro groups is 1. The molecule has 0 aliphatic heterocycles. The lowest BCUT2D eigenvalue weighted by atomic mass is 10.1. The Kier molecular flexibility index (Phi) is 5.41. The second kappa shape index (κ2) is 6.83. The van der Waals surface area contributed by atoms with Crippen LogP contribution in [0.3, 0.4) is 0 Å². The third-order valence-corrected chi connectivity index (χ3v) is 2.44.